The zero-order valence-electron chi connectivity index (χ0n) is 19.6. The zero-order chi connectivity index (χ0) is 25.0. The van der Waals surface area contributed by atoms with E-state index in [-0.39, 0.29) is 19.0 Å². The summed E-state index contributed by atoms with van der Waals surface area (Å²) in [5.41, 5.74) is 2.16. The molecule has 1 N–H and O–H groups in total. The smallest absolute Gasteiger partial charge is 0.310 e. The molecule has 35 heavy (non-hydrogen) atoms. The Morgan fingerprint density at radius 3 is 2.49 bits per heavy atom. The molecule has 0 aliphatic carbocycles. The molecule has 0 unspecified atom stereocenters. The summed E-state index contributed by atoms with van der Waals surface area (Å²) in [6.45, 7) is 3.43. The lowest BCUT2D eigenvalue weighted by molar-refractivity contribution is -0.757. The molecule has 0 saturated carbocycles. The third-order valence-electron chi connectivity index (χ3n) is 6.12. The van der Waals surface area contributed by atoms with Crippen molar-refractivity contribution >= 4 is 40.5 Å². The van der Waals surface area contributed by atoms with Crippen molar-refractivity contribution in [1.29, 1.82) is 0 Å². The molecule has 0 spiro atoms. The Kier molecular flexibility index (Phi) is 10.9. The van der Waals surface area contributed by atoms with Crippen molar-refractivity contribution in [3.63, 3.8) is 0 Å². The van der Waals surface area contributed by atoms with Gasteiger partial charge in [-0.05, 0) is 74.9 Å². The van der Waals surface area contributed by atoms with E-state index in [9.17, 15) is 14.9 Å². The van der Waals surface area contributed by atoms with Crippen LogP contribution in [0.5, 0.6) is 0 Å². The first-order valence-electron chi connectivity index (χ1n) is 11.9. The van der Waals surface area contributed by atoms with Gasteiger partial charge in [0.15, 0.2) is 0 Å². The monoisotopic (exact) mass is 523 g/mol. The minimum absolute atomic E-state index is 0.150. The number of esters is 1. The Morgan fingerprint density at radius 2 is 1.77 bits per heavy atom. The summed E-state index contributed by atoms with van der Waals surface area (Å²) in [4.78, 5) is 29.4. The number of rotatable bonds is 13. The van der Waals surface area contributed by atoms with Gasteiger partial charge in [0.1, 0.15) is 0 Å². The molecule has 1 aliphatic heterocycles. The highest BCUT2D eigenvalue weighted by molar-refractivity contribution is 6.39. The number of halogens is 2. The van der Waals surface area contributed by atoms with Crippen molar-refractivity contribution in [2.45, 2.75) is 38.5 Å². The number of nitrogens with one attached hydrogen (secondary N) is 1. The summed E-state index contributed by atoms with van der Waals surface area (Å²) in [5, 5.41) is 13.7. The predicted molar refractivity (Wildman–Crippen MR) is 137 cm³/mol. The van der Waals surface area contributed by atoms with Crippen LogP contribution < -0.4 is 5.32 Å². The second-order valence-electron chi connectivity index (χ2n) is 8.61. The predicted octanol–water partition coefficient (Wildman–Crippen LogP) is 5.91. The summed E-state index contributed by atoms with van der Waals surface area (Å²) < 4.78 is 5.48. The van der Waals surface area contributed by atoms with Crippen LogP contribution in [0.1, 0.15) is 37.7 Å². The summed E-state index contributed by atoms with van der Waals surface area (Å²) in [6.07, 6.45) is 4.76. The van der Waals surface area contributed by atoms with Crippen molar-refractivity contribution in [2.24, 2.45) is 5.92 Å². The highest BCUT2D eigenvalue weighted by atomic mass is 35.5. The molecule has 1 fully saturated rings. The topological polar surface area (TPSA) is 93.9 Å². The number of nitrogens with zero attached hydrogens (tertiary/aromatic N) is 2. The number of hydrogen-bond acceptors (Lipinski definition) is 7. The molecule has 0 amide bonds. The third-order valence-corrected chi connectivity index (χ3v) is 6.75. The molecule has 3 rings (SSSR count). The SMILES string of the molecule is O=C(Cc1ccccc1Nc1c(Cl)cccc1Cl)OCCCN1CCC(CCCO[N+](=O)[O-])CC1. The van der Waals surface area contributed by atoms with Crippen LogP contribution in [-0.4, -0.2) is 48.8 Å². The maximum absolute atomic E-state index is 12.4. The van der Waals surface area contributed by atoms with Gasteiger partial charge in [-0.3, -0.25) is 4.79 Å². The molecular formula is C25H31Cl2N3O5. The maximum Gasteiger partial charge on any atom is 0.310 e. The van der Waals surface area contributed by atoms with Crippen LogP contribution in [0.2, 0.25) is 10.0 Å². The Morgan fingerprint density at radius 1 is 1.06 bits per heavy atom. The maximum atomic E-state index is 12.4. The number of para-hydroxylation sites is 2. The van der Waals surface area contributed by atoms with Gasteiger partial charge in [-0.1, -0.05) is 47.5 Å². The van der Waals surface area contributed by atoms with E-state index < -0.39 is 5.09 Å². The fourth-order valence-corrected chi connectivity index (χ4v) is 4.73. The Hall–Kier alpha value is -2.55. The van der Waals surface area contributed by atoms with E-state index in [1.165, 1.54) is 0 Å². The van der Waals surface area contributed by atoms with Crippen LogP contribution in [0.25, 0.3) is 0 Å². The van der Waals surface area contributed by atoms with Crippen LogP contribution in [0.15, 0.2) is 42.5 Å². The number of carbonyl (C=O) groups is 1. The van der Waals surface area contributed by atoms with E-state index in [0.29, 0.717) is 34.7 Å². The molecule has 0 aromatic heterocycles. The number of benzene rings is 2. The first kappa shape index (κ1) is 27.0. The molecule has 0 radical (unpaired) electrons. The standard InChI is InChI=1S/C25H31Cl2N3O5/c26-21-8-3-9-22(27)25(21)28-23-10-2-1-7-20(23)18-24(31)34-16-5-13-29-14-11-19(12-15-29)6-4-17-35-30(32)33/h1-3,7-10,19,28H,4-6,11-18H2. The highest BCUT2D eigenvalue weighted by Gasteiger charge is 2.19. The van der Waals surface area contributed by atoms with Gasteiger partial charge < -0.3 is 19.8 Å². The van der Waals surface area contributed by atoms with Gasteiger partial charge in [0.2, 0.25) is 0 Å². The molecule has 190 valence electrons. The summed E-state index contributed by atoms with van der Waals surface area (Å²) in [5.74, 6) is 0.314. The summed E-state index contributed by atoms with van der Waals surface area (Å²) in [6, 6.07) is 12.8. The van der Waals surface area contributed by atoms with E-state index in [2.05, 4.69) is 15.1 Å². The Balaban J connectivity index is 1.35. The molecule has 1 saturated heterocycles. The van der Waals surface area contributed by atoms with Crippen LogP contribution >= 0.6 is 23.2 Å². The largest absolute Gasteiger partial charge is 0.465 e. The first-order valence-corrected chi connectivity index (χ1v) is 12.6. The van der Waals surface area contributed by atoms with Crippen molar-refractivity contribution in [2.75, 3.05) is 38.2 Å². The van der Waals surface area contributed by atoms with Crippen LogP contribution in [0.3, 0.4) is 0 Å². The van der Waals surface area contributed by atoms with Crippen molar-refractivity contribution in [1.82, 2.24) is 4.90 Å². The quantitative estimate of drug-likeness (QED) is 0.151. The molecule has 10 heteroatoms. The molecule has 1 aliphatic rings. The average molecular weight is 524 g/mol. The van der Waals surface area contributed by atoms with E-state index in [4.69, 9.17) is 27.9 Å². The zero-order valence-corrected chi connectivity index (χ0v) is 21.1. The van der Waals surface area contributed by atoms with Crippen LogP contribution in [-0.2, 0) is 20.8 Å². The van der Waals surface area contributed by atoms with Crippen LogP contribution in [0.4, 0.5) is 11.4 Å². The minimum atomic E-state index is -0.734. The number of piperidine rings is 1. The minimum Gasteiger partial charge on any atom is -0.465 e. The molecule has 0 bridgehead atoms. The second-order valence-corrected chi connectivity index (χ2v) is 9.43. The lowest BCUT2D eigenvalue weighted by Gasteiger charge is -2.31. The molecule has 2 aromatic carbocycles. The van der Waals surface area contributed by atoms with Gasteiger partial charge in [0, 0.05) is 12.2 Å². The third kappa shape index (κ3) is 9.20. The number of carbonyl (C=O) groups excluding carboxylic acids is 1. The van der Waals surface area contributed by atoms with Gasteiger partial charge in [-0.15, -0.1) is 10.1 Å². The van der Waals surface area contributed by atoms with E-state index in [1.54, 1.807) is 18.2 Å². The number of likely N-dealkylation sites (tertiary alicyclic amines) is 1. The van der Waals surface area contributed by atoms with Crippen molar-refractivity contribution in [3.8, 4) is 0 Å². The number of anilines is 2. The first-order chi connectivity index (χ1) is 16.9. The van der Waals surface area contributed by atoms with Gasteiger partial charge >= 0.3 is 5.97 Å². The molecule has 2 aromatic rings. The fourth-order valence-electron chi connectivity index (χ4n) is 4.24. The number of ether oxygens (including phenoxy) is 1. The lowest BCUT2D eigenvalue weighted by Crippen LogP contribution is -2.35. The fraction of sp³-hybridized carbons (Fsp3) is 0.480. The normalized spacial score (nSPS) is 14.5. The lowest BCUT2D eigenvalue weighted by atomic mass is 9.92. The molecular weight excluding hydrogens is 493 g/mol. The Labute approximate surface area is 215 Å². The van der Waals surface area contributed by atoms with Crippen LogP contribution in [0, 0.1) is 16.0 Å². The van der Waals surface area contributed by atoms with E-state index in [1.807, 2.05) is 24.3 Å². The second kappa shape index (κ2) is 14.1. The summed E-state index contributed by atoms with van der Waals surface area (Å²) in [7, 11) is 0. The van der Waals surface area contributed by atoms with Gasteiger partial charge in [-0.25, -0.2) is 0 Å². The number of hydrogen-bond donors (Lipinski definition) is 1. The van der Waals surface area contributed by atoms with E-state index in [0.717, 1.165) is 56.6 Å². The van der Waals surface area contributed by atoms with Gasteiger partial charge in [0.25, 0.3) is 5.09 Å². The Bertz CT molecular complexity index is 963. The van der Waals surface area contributed by atoms with Gasteiger partial charge in [0.05, 0.1) is 35.4 Å². The average Bonchev–Trinajstić information content (AvgIpc) is 2.84. The van der Waals surface area contributed by atoms with Crippen molar-refractivity contribution in [3.05, 3.63) is 68.2 Å². The van der Waals surface area contributed by atoms with E-state index >= 15 is 0 Å². The molecule has 8 nitrogen and oxygen atoms in total. The highest BCUT2D eigenvalue weighted by Crippen LogP contribution is 2.33. The molecule has 1 heterocycles. The summed E-state index contributed by atoms with van der Waals surface area (Å²) >= 11 is 12.5. The van der Waals surface area contributed by atoms with Gasteiger partial charge in [-0.2, -0.15) is 0 Å². The van der Waals surface area contributed by atoms with Crippen molar-refractivity contribution < 1.29 is 19.5 Å². The molecule has 0 atom stereocenters.